The fourth-order valence-corrected chi connectivity index (χ4v) is 4.91. The van der Waals surface area contributed by atoms with Gasteiger partial charge in [0, 0.05) is 31.7 Å². The van der Waals surface area contributed by atoms with Crippen molar-refractivity contribution in [2.45, 2.75) is 25.7 Å². The number of furan rings is 1. The van der Waals surface area contributed by atoms with Gasteiger partial charge in [-0.05, 0) is 41.8 Å². The van der Waals surface area contributed by atoms with Crippen LogP contribution < -0.4 is 0 Å². The molecule has 1 aliphatic heterocycles. The van der Waals surface area contributed by atoms with E-state index in [2.05, 4.69) is 58.3 Å². The average molecular weight is 491 g/mol. The number of alkyl halides is 3. The van der Waals surface area contributed by atoms with Gasteiger partial charge in [0.1, 0.15) is 11.5 Å². The largest absolute Gasteiger partial charge is 0.459 e. The minimum absolute atomic E-state index is 0.214. The molecule has 186 valence electrons. The lowest BCUT2D eigenvalue weighted by Gasteiger charge is -2.39. The zero-order valence-corrected chi connectivity index (χ0v) is 20.2. The quantitative estimate of drug-likeness (QED) is 0.285. The summed E-state index contributed by atoms with van der Waals surface area (Å²) in [5.41, 5.74) is 3.59. The maximum atomic E-state index is 12.9. The lowest BCUT2D eigenvalue weighted by atomic mass is 9.96. The lowest BCUT2D eigenvalue weighted by molar-refractivity contribution is -0.137. The highest BCUT2D eigenvalue weighted by molar-refractivity contribution is 5.59. The Morgan fingerprint density at radius 1 is 0.778 bits per heavy atom. The molecule has 3 nitrogen and oxygen atoms in total. The molecule has 0 saturated carbocycles. The molecule has 2 heterocycles. The minimum atomic E-state index is -4.34. The normalized spacial score (nSPS) is 15.5. The number of hydrogen-bond acceptors (Lipinski definition) is 3. The molecule has 0 N–H and O–H groups in total. The lowest BCUT2D eigenvalue weighted by Crippen LogP contribution is -2.47. The van der Waals surface area contributed by atoms with Gasteiger partial charge in [0.2, 0.25) is 0 Å². The van der Waals surface area contributed by atoms with Crippen molar-refractivity contribution >= 4 is 0 Å². The van der Waals surface area contributed by atoms with Gasteiger partial charge in [0.25, 0.3) is 0 Å². The van der Waals surface area contributed by atoms with Crippen molar-refractivity contribution in [1.29, 1.82) is 0 Å². The first kappa shape index (κ1) is 24.3. The SMILES string of the molecule is Cc1cc(-c2ccc(C(F)(F)F)cc2)oc1CN1CCN(C(c2ccccc2)c2ccccc2)CC1. The van der Waals surface area contributed by atoms with Gasteiger partial charge >= 0.3 is 6.18 Å². The van der Waals surface area contributed by atoms with E-state index in [1.807, 2.05) is 25.1 Å². The van der Waals surface area contributed by atoms with E-state index in [1.54, 1.807) is 0 Å². The highest BCUT2D eigenvalue weighted by Gasteiger charge is 2.30. The first-order valence-electron chi connectivity index (χ1n) is 12.2. The molecule has 5 rings (SSSR count). The van der Waals surface area contributed by atoms with Gasteiger partial charge in [-0.15, -0.1) is 0 Å². The van der Waals surface area contributed by atoms with Gasteiger partial charge in [-0.2, -0.15) is 13.2 Å². The van der Waals surface area contributed by atoms with E-state index in [9.17, 15) is 13.2 Å². The first-order chi connectivity index (χ1) is 17.4. The summed E-state index contributed by atoms with van der Waals surface area (Å²) in [7, 11) is 0. The fourth-order valence-electron chi connectivity index (χ4n) is 4.91. The van der Waals surface area contributed by atoms with Crippen molar-refractivity contribution < 1.29 is 17.6 Å². The molecule has 3 aromatic carbocycles. The van der Waals surface area contributed by atoms with Crippen LogP contribution in [-0.2, 0) is 12.7 Å². The second-order valence-corrected chi connectivity index (χ2v) is 9.33. The molecule has 0 aliphatic carbocycles. The summed E-state index contributed by atoms with van der Waals surface area (Å²) in [4.78, 5) is 4.91. The van der Waals surface area contributed by atoms with Crippen molar-refractivity contribution in [3.63, 3.8) is 0 Å². The van der Waals surface area contributed by atoms with Crippen molar-refractivity contribution in [2.24, 2.45) is 0 Å². The molecule has 1 aromatic heterocycles. The van der Waals surface area contributed by atoms with Crippen LogP contribution in [0, 0.1) is 6.92 Å². The van der Waals surface area contributed by atoms with Crippen molar-refractivity contribution in [3.05, 3.63) is 119 Å². The number of nitrogens with zero attached hydrogens (tertiary/aromatic N) is 2. The van der Waals surface area contributed by atoms with Gasteiger partial charge in [-0.25, -0.2) is 0 Å². The van der Waals surface area contributed by atoms with E-state index in [0.717, 1.165) is 49.6 Å². The second kappa shape index (κ2) is 10.3. The molecule has 4 aromatic rings. The van der Waals surface area contributed by atoms with Crippen LogP contribution in [0.15, 0.2) is 95.4 Å². The molecule has 0 amide bonds. The number of aryl methyl sites for hydroxylation is 1. The predicted molar refractivity (Wildman–Crippen MR) is 135 cm³/mol. The maximum absolute atomic E-state index is 12.9. The zero-order valence-electron chi connectivity index (χ0n) is 20.2. The van der Waals surface area contributed by atoms with Crippen LogP contribution >= 0.6 is 0 Å². The third-order valence-corrected chi connectivity index (χ3v) is 6.89. The van der Waals surface area contributed by atoms with Crippen LogP contribution in [0.25, 0.3) is 11.3 Å². The van der Waals surface area contributed by atoms with Crippen LogP contribution in [-0.4, -0.2) is 36.0 Å². The molecule has 1 fully saturated rings. The topological polar surface area (TPSA) is 19.6 Å². The number of benzene rings is 3. The Kier molecular flexibility index (Phi) is 6.99. The molecule has 1 saturated heterocycles. The molecule has 0 atom stereocenters. The standard InChI is InChI=1S/C30H29F3N2O/c1-22-20-27(23-12-14-26(15-13-23)30(31,32)33)36-28(22)21-34-16-18-35(19-17-34)29(24-8-4-2-5-9-24)25-10-6-3-7-11-25/h2-15,20,29H,16-19,21H2,1H3. The van der Waals surface area contributed by atoms with E-state index in [4.69, 9.17) is 4.42 Å². The van der Waals surface area contributed by atoms with Crippen LogP contribution in [0.4, 0.5) is 13.2 Å². The Balaban J connectivity index is 1.26. The van der Waals surface area contributed by atoms with E-state index in [0.29, 0.717) is 17.9 Å². The summed E-state index contributed by atoms with van der Waals surface area (Å²) in [6.45, 7) is 6.35. The Morgan fingerprint density at radius 2 is 1.33 bits per heavy atom. The van der Waals surface area contributed by atoms with Crippen LogP contribution in [0.3, 0.4) is 0 Å². The number of hydrogen-bond donors (Lipinski definition) is 0. The Bertz CT molecular complexity index is 1220. The van der Waals surface area contributed by atoms with Crippen LogP contribution in [0.5, 0.6) is 0 Å². The molecule has 0 unspecified atom stereocenters. The van der Waals surface area contributed by atoms with Gasteiger partial charge in [0.15, 0.2) is 0 Å². The molecular formula is C30H29F3N2O. The molecule has 0 spiro atoms. The van der Waals surface area contributed by atoms with Crippen molar-refractivity contribution in [3.8, 4) is 11.3 Å². The third kappa shape index (κ3) is 5.40. The summed E-state index contributed by atoms with van der Waals surface area (Å²) in [5.74, 6) is 1.46. The predicted octanol–water partition coefficient (Wildman–Crippen LogP) is 7.18. The molecule has 6 heteroatoms. The molecule has 0 bridgehead atoms. The zero-order chi connectivity index (χ0) is 25.1. The summed E-state index contributed by atoms with van der Waals surface area (Å²) in [6, 6.07) is 28.5. The summed E-state index contributed by atoms with van der Waals surface area (Å²) in [6.07, 6.45) is -4.34. The smallest absolute Gasteiger partial charge is 0.416 e. The second-order valence-electron chi connectivity index (χ2n) is 9.33. The Labute approximate surface area is 209 Å². The average Bonchev–Trinajstić information content (AvgIpc) is 3.26. The highest BCUT2D eigenvalue weighted by Crippen LogP contribution is 2.33. The van der Waals surface area contributed by atoms with Gasteiger partial charge in [-0.3, -0.25) is 9.80 Å². The number of piperazine rings is 1. The molecule has 36 heavy (non-hydrogen) atoms. The van der Waals surface area contributed by atoms with Crippen molar-refractivity contribution in [2.75, 3.05) is 26.2 Å². The van der Waals surface area contributed by atoms with Gasteiger partial charge < -0.3 is 4.42 Å². The minimum Gasteiger partial charge on any atom is -0.459 e. The Morgan fingerprint density at radius 3 is 1.86 bits per heavy atom. The van der Waals surface area contributed by atoms with Gasteiger partial charge in [-0.1, -0.05) is 72.8 Å². The Hall–Kier alpha value is -3.35. The highest BCUT2D eigenvalue weighted by atomic mass is 19.4. The summed E-state index contributed by atoms with van der Waals surface area (Å²) < 4.78 is 44.8. The first-order valence-corrected chi connectivity index (χ1v) is 12.2. The molecule has 1 aliphatic rings. The monoisotopic (exact) mass is 490 g/mol. The molecular weight excluding hydrogens is 461 g/mol. The number of rotatable bonds is 6. The van der Waals surface area contributed by atoms with E-state index in [1.165, 1.54) is 23.3 Å². The van der Waals surface area contributed by atoms with Crippen LogP contribution in [0.1, 0.15) is 34.1 Å². The van der Waals surface area contributed by atoms with Crippen LogP contribution in [0.2, 0.25) is 0 Å². The van der Waals surface area contributed by atoms with E-state index in [-0.39, 0.29) is 6.04 Å². The van der Waals surface area contributed by atoms with E-state index < -0.39 is 11.7 Å². The molecule has 0 radical (unpaired) electrons. The maximum Gasteiger partial charge on any atom is 0.416 e. The van der Waals surface area contributed by atoms with E-state index >= 15 is 0 Å². The third-order valence-electron chi connectivity index (χ3n) is 6.89. The summed E-state index contributed by atoms with van der Waals surface area (Å²) in [5, 5.41) is 0. The fraction of sp³-hybridized carbons (Fsp3) is 0.267. The summed E-state index contributed by atoms with van der Waals surface area (Å²) >= 11 is 0. The van der Waals surface area contributed by atoms with Crippen molar-refractivity contribution in [1.82, 2.24) is 9.80 Å². The van der Waals surface area contributed by atoms with Gasteiger partial charge in [0.05, 0.1) is 18.2 Å². The number of halogens is 3.